The van der Waals surface area contributed by atoms with Crippen LogP contribution in [0.5, 0.6) is 0 Å². The van der Waals surface area contributed by atoms with Crippen molar-refractivity contribution in [1.29, 1.82) is 0 Å². The van der Waals surface area contributed by atoms with Crippen molar-refractivity contribution >= 4 is 44.1 Å². The van der Waals surface area contributed by atoms with Gasteiger partial charge in [0, 0.05) is 6.42 Å². The Morgan fingerprint density at radius 3 is 2.31 bits per heavy atom. The Kier molecular flexibility index (Phi) is 7.22. The zero-order valence-electron chi connectivity index (χ0n) is 9.33. The van der Waals surface area contributed by atoms with Crippen LogP contribution in [0.15, 0.2) is 0 Å². The van der Waals surface area contributed by atoms with Gasteiger partial charge in [0.2, 0.25) is 0 Å². The number of carboxylic acids is 1. The second kappa shape index (κ2) is 7.27. The second-order valence-corrected chi connectivity index (χ2v) is 5.35. The summed E-state index contributed by atoms with van der Waals surface area (Å²) in [7, 11) is 0. The number of carbonyl (C=O) groups is 2. The van der Waals surface area contributed by atoms with Gasteiger partial charge < -0.3 is 8.93 Å². The van der Waals surface area contributed by atoms with E-state index < -0.39 is 10.3 Å². The number of alkyl halides is 1. The molecular formula is C10H16Br2O4. The molecule has 2 unspecified atom stereocenters. The van der Waals surface area contributed by atoms with Gasteiger partial charge in [0.05, 0.1) is 0 Å². The molecule has 94 valence electrons. The molecule has 0 fully saturated rings. The van der Waals surface area contributed by atoms with Gasteiger partial charge in [-0.05, 0) is 18.8 Å². The van der Waals surface area contributed by atoms with Crippen LogP contribution >= 0.6 is 32.2 Å². The summed E-state index contributed by atoms with van der Waals surface area (Å²) in [4.78, 5) is 22.2. The maximum Gasteiger partial charge on any atom is 0.320 e. The molecule has 2 atom stereocenters. The van der Waals surface area contributed by atoms with Gasteiger partial charge in [0.25, 0.3) is 0 Å². The Morgan fingerprint density at radius 1 is 1.44 bits per heavy atom. The van der Waals surface area contributed by atoms with Crippen molar-refractivity contribution in [2.75, 3.05) is 0 Å². The van der Waals surface area contributed by atoms with Crippen molar-refractivity contribution in [1.82, 2.24) is 0 Å². The van der Waals surface area contributed by atoms with E-state index in [4.69, 9.17) is 0 Å². The van der Waals surface area contributed by atoms with Crippen LogP contribution in [0.3, 0.4) is 0 Å². The number of aliphatic carboxylic acids is 1. The molecule has 1 N–H and O–H groups in total. The van der Waals surface area contributed by atoms with Crippen molar-refractivity contribution in [3.8, 4) is 0 Å². The average molecular weight is 360 g/mol. The summed E-state index contributed by atoms with van der Waals surface area (Å²) in [6, 6.07) is 0. The number of carbonyl (C=O) groups excluding carboxylic acids is 1. The lowest BCUT2D eigenvalue weighted by Gasteiger charge is -2.30. The lowest BCUT2D eigenvalue weighted by molar-refractivity contribution is -0.142. The third-order valence-electron chi connectivity index (χ3n) is 2.79. The molecule has 0 aliphatic rings. The van der Waals surface area contributed by atoms with Crippen LogP contribution in [0.4, 0.5) is 0 Å². The molecule has 0 saturated carbocycles. The van der Waals surface area contributed by atoms with Gasteiger partial charge in [-0.25, -0.2) is 0 Å². The molecule has 0 saturated heterocycles. The van der Waals surface area contributed by atoms with E-state index in [9.17, 15) is 14.7 Å². The summed E-state index contributed by atoms with van der Waals surface area (Å²) in [5, 5.41) is 9.18. The molecule has 0 rings (SSSR count). The first-order valence-corrected chi connectivity index (χ1v) is 6.60. The summed E-state index contributed by atoms with van der Waals surface area (Å²) in [5.41, 5.74) is 0. The van der Waals surface area contributed by atoms with E-state index in [1.165, 1.54) is 0 Å². The summed E-state index contributed by atoms with van der Waals surface area (Å²) < 4.78 is 3.41. The first kappa shape index (κ1) is 15.9. The number of halogens is 2. The van der Waals surface area contributed by atoms with Gasteiger partial charge in [-0.15, -0.1) is 0 Å². The molecule has 0 bridgehead atoms. The topological polar surface area (TPSA) is 63.6 Å². The third kappa shape index (κ3) is 4.05. The standard InChI is InChI=1S/C10H16Br2O4/c1-3-7(5-6-8(13)16-12)10(11,4-2)9(14)15/h7H,3-6H2,1-2H3,(H,14,15). The van der Waals surface area contributed by atoms with Crippen molar-refractivity contribution in [2.24, 2.45) is 5.92 Å². The van der Waals surface area contributed by atoms with Crippen LogP contribution < -0.4 is 0 Å². The van der Waals surface area contributed by atoms with Crippen LogP contribution in [-0.2, 0) is 13.4 Å². The summed E-state index contributed by atoms with van der Waals surface area (Å²) in [5.74, 6) is -1.36. The highest BCUT2D eigenvalue weighted by Gasteiger charge is 2.40. The summed E-state index contributed by atoms with van der Waals surface area (Å²) >= 11 is 5.89. The maximum atomic E-state index is 11.2. The fraction of sp³-hybridized carbons (Fsp3) is 0.800. The quantitative estimate of drug-likeness (QED) is 0.708. The van der Waals surface area contributed by atoms with E-state index in [0.29, 0.717) is 19.3 Å². The minimum atomic E-state index is -0.950. The average Bonchev–Trinajstić information content (AvgIpc) is 2.28. The van der Waals surface area contributed by atoms with E-state index in [-0.39, 0.29) is 18.3 Å². The summed E-state index contributed by atoms with van der Waals surface area (Å²) in [6.07, 6.45) is 1.88. The number of hydrogen-bond donors (Lipinski definition) is 1. The van der Waals surface area contributed by atoms with E-state index in [1.54, 1.807) is 0 Å². The fourth-order valence-corrected chi connectivity index (χ4v) is 2.42. The Hall–Kier alpha value is -0.100. The predicted molar refractivity (Wildman–Crippen MR) is 67.6 cm³/mol. The van der Waals surface area contributed by atoms with Crippen LogP contribution in [0.1, 0.15) is 39.5 Å². The maximum absolute atomic E-state index is 11.2. The Labute approximate surface area is 112 Å². The zero-order valence-corrected chi connectivity index (χ0v) is 12.5. The van der Waals surface area contributed by atoms with Crippen molar-refractivity contribution in [3.05, 3.63) is 0 Å². The lowest BCUT2D eigenvalue weighted by atomic mass is 9.84. The first-order valence-electron chi connectivity index (χ1n) is 5.16. The van der Waals surface area contributed by atoms with E-state index >= 15 is 0 Å². The van der Waals surface area contributed by atoms with Gasteiger partial charge in [-0.2, -0.15) is 0 Å². The molecule has 0 radical (unpaired) electrons. The molecule has 0 amide bonds. The smallest absolute Gasteiger partial charge is 0.320 e. The highest BCUT2D eigenvalue weighted by atomic mass is 79.9. The predicted octanol–water partition coefficient (Wildman–Crippen LogP) is 3.27. The van der Waals surface area contributed by atoms with E-state index in [1.807, 2.05) is 13.8 Å². The molecule has 0 aliphatic carbocycles. The molecular weight excluding hydrogens is 344 g/mol. The Balaban J connectivity index is 4.57. The highest BCUT2D eigenvalue weighted by Crippen LogP contribution is 2.37. The van der Waals surface area contributed by atoms with Crippen LogP contribution in [0, 0.1) is 5.92 Å². The minimum absolute atomic E-state index is 0.0957. The zero-order chi connectivity index (χ0) is 12.8. The fourth-order valence-electron chi connectivity index (χ4n) is 1.70. The largest absolute Gasteiger partial charge is 0.480 e. The molecule has 0 spiro atoms. The molecule has 16 heavy (non-hydrogen) atoms. The van der Waals surface area contributed by atoms with Gasteiger partial charge in [-0.3, -0.25) is 9.59 Å². The lowest BCUT2D eigenvalue weighted by Crippen LogP contribution is -2.39. The van der Waals surface area contributed by atoms with Gasteiger partial charge >= 0.3 is 11.9 Å². The molecule has 0 aromatic carbocycles. The molecule has 0 aromatic heterocycles. The highest BCUT2D eigenvalue weighted by molar-refractivity contribution is 9.10. The third-order valence-corrected chi connectivity index (χ3v) is 4.70. The van der Waals surface area contributed by atoms with Crippen molar-refractivity contribution < 1.29 is 18.5 Å². The monoisotopic (exact) mass is 358 g/mol. The van der Waals surface area contributed by atoms with Crippen molar-refractivity contribution in [3.63, 3.8) is 0 Å². The van der Waals surface area contributed by atoms with E-state index in [2.05, 4.69) is 36.0 Å². The molecule has 0 heterocycles. The Morgan fingerprint density at radius 2 is 2.00 bits per heavy atom. The van der Waals surface area contributed by atoms with Crippen molar-refractivity contribution in [2.45, 2.75) is 43.9 Å². The van der Waals surface area contributed by atoms with Crippen LogP contribution in [-0.4, -0.2) is 21.4 Å². The number of hydrogen-bond acceptors (Lipinski definition) is 3. The van der Waals surface area contributed by atoms with Crippen LogP contribution in [0.25, 0.3) is 0 Å². The second-order valence-electron chi connectivity index (χ2n) is 3.61. The first-order chi connectivity index (χ1) is 7.42. The molecule has 6 heteroatoms. The summed E-state index contributed by atoms with van der Waals surface area (Å²) in [6.45, 7) is 3.73. The number of rotatable bonds is 7. The minimum Gasteiger partial charge on any atom is -0.480 e. The normalized spacial score (nSPS) is 16.2. The van der Waals surface area contributed by atoms with Crippen LogP contribution in [0.2, 0.25) is 0 Å². The molecule has 4 nitrogen and oxygen atoms in total. The van der Waals surface area contributed by atoms with Gasteiger partial charge in [0.15, 0.2) is 16.3 Å². The van der Waals surface area contributed by atoms with Gasteiger partial charge in [-0.1, -0.05) is 36.2 Å². The number of carboxylic acid groups (broad SMARTS) is 1. The molecule has 0 aliphatic heterocycles. The molecule has 0 aromatic rings. The van der Waals surface area contributed by atoms with Gasteiger partial charge in [0.1, 0.15) is 4.32 Å². The SMILES string of the molecule is CCC(CCC(=O)OBr)C(Br)(CC)C(=O)O. The van der Waals surface area contributed by atoms with E-state index in [0.717, 1.165) is 0 Å². The Bertz CT molecular complexity index is 257.